The van der Waals surface area contributed by atoms with E-state index in [4.69, 9.17) is 8.83 Å². The second kappa shape index (κ2) is 29.4. The van der Waals surface area contributed by atoms with Gasteiger partial charge < -0.3 is 8.83 Å². The van der Waals surface area contributed by atoms with Crippen molar-refractivity contribution >= 4 is 43.9 Å². The second-order valence-electron chi connectivity index (χ2n) is 33.4. The first-order chi connectivity index (χ1) is 49.4. The largest absolute Gasteiger partial charge is 0.456 e. The van der Waals surface area contributed by atoms with Gasteiger partial charge in [0.05, 0.1) is 0 Å². The maximum Gasteiger partial charge on any atom is 0.144 e. The zero-order chi connectivity index (χ0) is 69.5. The van der Waals surface area contributed by atoms with Crippen LogP contribution in [0.3, 0.4) is 0 Å². The summed E-state index contributed by atoms with van der Waals surface area (Å²) in [5, 5.41) is 5.11. The zero-order valence-corrected chi connectivity index (χ0v) is 63.3. The Hall–Kier alpha value is -7.42. The fraction of sp³-hybridized carbons (Fsp3) is 0.455. The van der Waals surface area contributed by atoms with Crippen molar-refractivity contribution in [1.29, 1.82) is 0 Å². The summed E-state index contributed by atoms with van der Waals surface area (Å²) < 4.78 is 14.0. The van der Waals surface area contributed by atoms with E-state index in [-0.39, 0.29) is 27.6 Å². The van der Waals surface area contributed by atoms with E-state index in [9.17, 15) is 0 Å². The van der Waals surface area contributed by atoms with Crippen LogP contribution >= 0.6 is 0 Å². The molecule has 2 aromatic heterocycles. The van der Waals surface area contributed by atoms with E-state index < -0.39 is 0 Å². The van der Waals surface area contributed by atoms with Gasteiger partial charge in [0.1, 0.15) is 22.3 Å². The van der Waals surface area contributed by atoms with E-state index in [0.29, 0.717) is 0 Å². The van der Waals surface area contributed by atoms with Crippen molar-refractivity contribution in [2.75, 3.05) is 0 Å². The van der Waals surface area contributed by atoms with Gasteiger partial charge in [0, 0.05) is 48.8 Å². The molecule has 0 radical (unpaired) electrons. The van der Waals surface area contributed by atoms with E-state index >= 15 is 0 Å². The summed E-state index contributed by atoms with van der Waals surface area (Å²) in [6.07, 6.45) is 49.0. The van der Waals surface area contributed by atoms with Gasteiger partial charge in [0.2, 0.25) is 0 Å². The lowest BCUT2D eigenvalue weighted by Crippen LogP contribution is -2.27. The van der Waals surface area contributed by atoms with Crippen molar-refractivity contribution in [2.45, 2.75) is 283 Å². The highest BCUT2D eigenvalue weighted by atomic mass is 16.3. The van der Waals surface area contributed by atoms with Crippen LogP contribution in [-0.2, 0) is 34.5 Å². The molecule has 5 aliphatic rings. The molecule has 1 atom stereocenters. The number of para-hydroxylation sites is 2. The summed E-state index contributed by atoms with van der Waals surface area (Å²) in [4.78, 5) is 0. The summed E-state index contributed by atoms with van der Waals surface area (Å²) in [7, 11) is 0. The number of rotatable bonds is 33. The van der Waals surface area contributed by atoms with Gasteiger partial charge in [-0.2, -0.15) is 0 Å². The SMILES string of the molecule is CCCCCCCCC1(CCCCCCCC)c2cc(CC(Cc3ccc4c(c3)C(C)(C)c3c5c(c6oc7ccccc7c6c3-4)-c3ccccc3C5(C)C)C3=CC=C(C)CC=C3)ccc2-c2cc3c(cc21)-c1c(ccc2oc4ccccc4c12)C3(CCCCCCCC)CCCCCCCC. The smallest absolute Gasteiger partial charge is 0.144 e. The number of unbranched alkanes of at least 4 members (excludes halogenated alkanes) is 20. The Morgan fingerprint density at radius 2 is 0.842 bits per heavy atom. The lowest BCUT2D eigenvalue weighted by Gasteiger charge is -2.35. The molecule has 0 bridgehead atoms. The minimum Gasteiger partial charge on any atom is -0.456 e. The molecule has 0 N–H and O–H groups in total. The number of hydrogen-bond acceptors (Lipinski definition) is 2. The van der Waals surface area contributed by atoms with Gasteiger partial charge >= 0.3 is 0 Å². The van der Waals surface area contributed by atoms with Gasteiger partial charge in [0.15, 0.2) is 0 Å². The van der Waals surface area contributed by atoms with Gasteiger partial charge in [-0.3, -0.25) is 0 Å². The lowest BCUT2D eigenvalue weighted by atomic mass is 9.68. The predicted molar refractivity (Wildman–Crippen MR) is 433 cm³/mol. The molecule has 8 aromatic carbocycles. The summed E-state index contributed by atoms with van der Waals surface area (Å²) in [6.45, 7) is 21.7. The molecule has 15 rings (SSSR count). The third kappa shape index (κ3) is 12.4. The summed E-state index contributed by atoms with van der Waals surface area (Å²) in [6, 6.07) is 53.4. The van der Waals surface area contributed by atoms with Crippen LogP contribution in [0.5, 0.6) is 0 Å². The summed E-state index contributed by atoms with van der Waals surface area (Å²) in [5.41, 5.74) is 32.9. The lowest BCUT2D eigenvalue weighted by molar-refractivity contribution is 0.394. The topological polar surface area (TPSA) is 26.3 Å². The van der Waals surface area contributed by atoms with E-state index in [1.807, 2.05) is 0 Å². The standard InChI is InChI=1S/C99H116O2/c1-10-14-18-22-26-36-57-98(58-37-27-23-19-15-11-2)80-55-56-87-89(75-44-31-34-47-85(75)100-87)88(80)78-66-83-77(65-84(78)98)72-53-50-69(64-82(72)99(83,59-38-28-24-20-16-12-3)60-39-29-25-21-17-13-4)62-71(70-42-40-41-67(5)49-52-70)61-68-51-54-74-81(63-68)97(8,9)93-90(74)91-76-45-32-35-48-86(76)101-95(91)92-73-43-30-33-46-79(73)96(6,7)94(92)93/h30-35,40,42-56,63-66,71H,10-29,36-39,41,57-62H2,1-9H3. The van der Waals surface area contributed by atoms with Crippen LogP contribution in [0, 0.1) is 5.92 Å². The van der Waals surface area contributed by atoms with Crippen LogP contribution < -0.4 is 0 Å². The van der Waals surface area contributed by atoms with Crippen LogP contribution in [0.1, 0.15) is 304 Å². The molecule has 0 amide bonds. The van der Waals surface area contributed by atoms with Crippen LogP contribution in [0.2, 0.25) is 0 Å². The monoisotopic (exact) mass is 1340 g/mol. The van der Waals surface area contributed by atoms with Crippen LogP contribution in [-0.4, -0.2) is 0 Å². The quantitative estimate of drug-likeness (QED) is 0.0383. The molecule has 5 aliphatic carbocycles. The van der Waals surface area contributed by atoms with E-state index in [0.717, 1.165) is 41.6 Å². The van der Waals surface area contributed by atoms with Crippen molar-refractivity contribution in [3.8, 4) is 44.5 Å². The number of furan rings is 2. The van der Waals surface area contributed by atoms with Gasteiger partial charge in [-0.05, 0) is 188 Å². The Balaban J connectivity index is 0.869. The third-order valence-electron chi connectivity index (χ3n) is 26.0. The molecule has 0 saturated carbocycles. The Bertz CT molecular complexity index is 4750. The molecule has 10 aromatic rings. The molecule has 0 fully saturated rings. The summed E-state index contributed by atoms with van der Waals surface area (Å²) >= 11 is 0. The molecule has 101 heavy (non-hydrogen) atoms. The van der Waals surface area contributed by atoms with Crippen LogP contribution in [0.4, 0.5) is 0 Å². The average Bonchev–Trinajstić information content (AvgIpc) is 1.51. The van der Waals surface area contributed by atoms with Gasteiger partial charge in [-0.1, -0.05) is 342 Å². The fourth-order valence-electron chi connectivity index (χ4n) is 20.7. The fourth-order valence-corrected chi connectivity index (χ4v) is 20.7. The number of allylic oxidation sites excluding steroid dienone is 6. The molecule has 2 heteroatoms. The molecule has 2 nitrogen and oxygen atoms in total. The zero-order valence-electron chi connectivity index (χ0n) is 63.3. The van der Waals surface area contributed by atoms with Gasteiger partial charge in [-0.25, -0.2) is 0 Å². The van der Waals surface area contributed by atoms with Gasteiger partial charge in [0.25, 0.3) is 0 Å². The minimum absolute atomic E-state index is 0.0659. The first-order valence-electron chi connectivity index (χ1n) is 40.9. The van der Waals surface area contributed by atoms with E-state index in [1.165, 1.54) is 285 Å². The molecule has 0 spiro atoms. The van der Waals surface area contributed by atoms with Crippen molar-refractivity contribution < 1.29 is 8.83 Å². The Labute approximate surface area is 607 Å². The van der Waals surface area contributed by atoms with Crippen LogP contribution in [0.15, 0.2) is 178 Å². The Morgan fingerprint density at radius 1 is 0.366 bits per heavy atom. The highest BCUT2D eigenvalue weighted by Crippen LogP contribution is 2.65. The molecule has 524 valence electrons. The first kappa shape index (κ1) is 69.3. The molecule has 0 aliphatic heterocycles. The molecule has 2 heterocycles. The molecule has 1 unspecified atom stereocenters. The van der Waals surface area contributed by atoms with E-state index in [1.54, 1.807) is 27.8 Å². The van der Waals surface area contributed by atoms with E-state index in [2.05, 4.69) is 220 Å². The van der Waals surface area contributed by atoms with Crippen LogP contribution in [0.25, 0.3) is 88.4 Å². The molecular weight excluding hydrogens is 1220 g/mol. The predicted octanol–water partition coefficient (Wildman–Crippen LogP) is 29.9. The average molecular weight is 1340 g/mol. The van der Waals surface area contributed by atoms with Crippen molar-refractivity contribution in [1.82, 2.24) is 0 Å². The van der Waals surface area contributed by atoms with Crippen molar-refractivity contribution in [3.05, 3.63) is 225 Å². The normalized spacial score (nSPS) is 16.3. The number of benzene rings is 8. The van der Waals surface area contributed by atoms with Gasteiger partial charge in [-0.15, -0.1) is 0 Å². The number of fused-ring (bicyclic) bond motifs is 22. The Morgan fingerprint density at radius 3 is 1.47 bits per heavy atom. The third-order valence-corrected chi connectivity index (χ3v) is 26.0. The first-order valence-corrected chi connectivity index (χ1v) is 40.9. The molecule has 0 saturated heterocycles. The summed E-state index contributed by atoms with van der Waals surface area (Å²) in [5.74, 6) is 0.269. The minimum atomic E-state index is -0.249. The highest BCUT2D eigenvalue weighted by molar-refractivity contribution is 6.21. The molecular formula is C99H116O2. The Kier molecular flexibility index (Phi) is 20.2. The maximum absolute atomic E-state index is 7.10. The van der Waals surface area contributed by atoms with Crippen molar-refractivity contribution in [3.63, 3.8) is 0 Å². The maximum atomic E-state index is 7.10. The van der Waals surface area contributed by atoms with Crippen molar-refractivity contribution in [2.24, 2.45) is 5.92 Å². The second-order valence-corrected chi connectivity index (χ2v) is 33.4. The number of hydrogen-bond donors (Lipinski definition) is 0. The highest BCUT2D eigenvalue weighted by Gasteiger charge is 2.51.